The van der Waals surface area contributed by atoms with E-state index in [1.807, 2.05) is 6.92 Å². The molecule has 2 heteroatoms. The first kappa shape index (κ1) is 7.45. The first-order valence-electron chi connectivity index (χ1n) is 3.81. The molecule has 0 radical (unpaired) electrons. The van der Waals surface area contributed by atoms with Gasteiger partial charge in [0, 0.05) is 17.3 Å². The summed E-state index contributed by atoms with van der Waals surface area (Å²) in [5.41, 5.74) is 2.35. The van der Waals surface area contributed by atoms with Gasteiger partial charge in [0.05, 0.1) is 0 Å². The van der Waals surface area contributed by atoms with E-state index in [1.54, 1.807) is 0 Å². The van der Waals surface area contributed by atoms with Crippen molar-refractivity contribution in [1.29, 1.82) is 0 Å². The van der Waals surface area contributed by atoms with Gasteiger partial charge in [-0.2, -0.15) is 10.2 Å². The van der Waals surface area contributed by atoms with Crippen molar-refractivity contribution in [2.75, 3.05) is 0 Å². The highest BCUT2D eigenvalue weighted by molar-refractivity contribution is 5.94. The summed E-state index contributed by atoms with van der Waals surface area (Å²) in [7, 11) is 0. The van der Waals surface area contributed by atoms with E-state index in [4.69, 9.17) is 0 Å². The van der Waals surface area contributed by atoms with Crippen molar-refractivity contribution >= 4 is 11.4 Å². The fourth-order valence-electron chi connectivity index (χ4n) is 1.23. The molecule has 0 N–H and O–H groups in total. The third kappa shape index (κ3) is 1.43. The van der Waals surface area contributed by atoms with Crippen molar-refractivity contribution in [3.63, 3.8) is 0 Å². The Hall–Kier alpha value is -0.660. The first-order valence-corrected chi connectivity index (χ1v) is 3.81. The lowest BCUT2D eigenvalue weighted by Gasteiger charge is -2.16. The maximum atomic E-state index is 4.07. The second-order valence-electron chi connectivity index (χ2n) is 2.89. The summed E-state index contributed by atoms with van der Waals surface area (Å²) in [5, 5.41) is 8.08. The zero-order chi connectivity index (χ0) is 7.56. The topological polar surface area (TPSA) is 24.7 Å². The van der Waals surface area contributed by atoms with Gasteiger partial charge in [-0.3, -0.25) is 0 Å². The molecule has 0 fully saturated rings. The minimum Gasteiger partial charge on any atom is -0.160 e. The molecule has 1 atom stereocenters. The molecule has 1 aliphatic rings. The van der Waals surface area contributed by atoms with Crippen LogP contribution < -0.4 is 0 Å². The summed E-state index contributed by atoms with van der Waals surface area (Å²) in [5.74, 6) is 0.650. The number of rotatable bonds is 1. The van der Waals surface area contributed by atoms with E-state index >= 15 is 0 Å². The zero-order valence-electron chi connectivity index (χ0n) is 6.89. The summed E-state index contributed by atoms with van der Waals surface area (Å²) < 4.78 is 0. The molecular weight excluding hydrogens is 124 g/mol. The van der Waals surface area contributed by atoms with E-state index in [2.05, 4.69) is 24.1 Å². The second-order valence-corrected chi connectivity index (χ2v) is 2.89. The normalized spacial score (nSPS) is 25.7. The van der Waals surface area contributed by atoms with Crippen molar-refractivity contribution in [1.82, 2.24) is 0 Å². The average Bonchev–Trinajstić information content (AvgIpc) is 1.94. The van der Waals surface area contributed by atoms with Crippen molar-refractivity contribution in [2.24, 2.45) is 16.1 Å². The molecule has 1 aliphatic heterocycles. The molecular formula is C8H14N2. The lowest BCUT2D eigenvalue weighted by Crippen LogP contribution is -2.17. The number of nitrogens with zero attached hydrogens (tertiary/aromatic N) is 2. The molecule has 2 nitrogen and oxygen atoms in total. The monoisotopic (exact) mass is 138 g/mol. The molecule has 0 aliphatic carbocycles. The van der Waals surface area contributed by atoms with Crippen molar-refractivity contribution < 1.29 is 0 Å². The lowest BCUT2D eigenvalue weighted by atomic mass is 9.94. The highest BCUT2D eigenvalue weighted by Crippen LogP contribution is 2.15. The van der Waals surface area contributed by atoms with E-state index in [-0.39, 0.29) is 0 Å². The maximum Gasteiger partial charge on any atom is 0.0409 e. The van der Waals surface area contributed by atoms with Gasteiger partial charge in [0.2, 0.25) is 0 Å². The summed E-state index contributed by atoms with van der Waals surface area (Å²) in [6.45, 7) is 6.30. The third-order valence-corrected chi connectivity index (χ3v) is 2.00. The minimum absolute atomic E-state index is 0.650. The molecule has 0 bridgehead atoms. The van der Waals surface area contributed by atoms with Gasteiger partial charge in [-0.25, -0.2) is 0 Å². The molecule has 0 aromatic carbocycles. The van der Waals surface area contributed by atoms with Crippen molar-refractivity contribution in [2.45, 2.75) is 33.6 Å². The quantitative estimate of drug-likeness (QED) is 0.531. The Morgan fingerprint density at radius 2 is 2.10 bits per heavy atom. The van der Waals surface area contributed by atoms with Crippen LogP contribution >= 0.6 is 0 Å². The van der Waals surface area contributed by atoms with Crippen LogP contribution in [0.5, 0.6) is 0 Å². The van der Waals surface area contributed by atoms with Gasteiger partial charge in [0.25, 0.3) is 0 Å². The summed E-state index contributed by atoms with van der Waals surface area (Å²) in [6.07, 6.45) is 2.29. The van der Waals surface area contributed by atoms with Crippen molar-refractivity contribution in [3.8, 4) is 0 Å². The molecule has 0 spiro atoms. The van der Waals surface area contributed by atoms with Crippen LogP contribution in [0.15, 0.2) is 10.2 Å². The summed E-state index contributed by atoms with van der Waals surface area (Å²) in [6, 6.07) is 0. The molecule has 0 saturated heterocycles. The van der Waals surface area contributed by atoms with E-state index < -0.39 is 0 Å². The Labute approximate surface area is 62.0 Å². The van der Waals surface area contributed by atoms with Crippen LogP contribution in [0.4, 0.5) is 0 Å². The molecule has 1 heterocycles. The second kappa shape index (κ2) is 2.95. The predicted molar refractivity (Wildman–Crippen MR) is 44.6 cm³/mol. The zero-order valence-corrected chi connectivity index (χ0v) is 6.89. The van der Waals surface area contributed by atoms with Gasteiger partial charge in [0.15, 0.2) is 0 Å². The number of hydrogen-bond acceptors (Lipinski definition) is 2. The highest BCUT2D eigenvalue weighted by atomic mass is 15.2. The van der Waals surface area contributed by atoms with Crippen LogP contribution in [0.1, 0.15) is 33.6 Å². The Balaban J connectivity index is 2.68. The SMILES string of the molecule is CCC1CC(C)=NN=C1C. The van der Waals surface area contributed by atoms with Crippen LogP contribution in [0.2, 0.25) is 0 Å². The van der Waals surface area contributed by atoms with E-state index in [0.717, 1.165) is 12.1 Å². The van der Waals surface area contributed by atoms with Crippen LogP contribution in [0, 0.1) is 5.92 Å². The standard InChI is InChI=1S/C8H14N2/c1-4-8-5-6(2)9-10-7(8)3/h8H,4-5H2,1-3H3. The summed E-state index contributed by atoms with van der Waals surface area (Å²) in [4.78, 5) is 0. The molecule has 0 saturated carbocycles. The average molecular weight is 138 g/mol. The molecule has 1 unspecified atom stereocenters. The molecule has 0 aromatic rings. The van der Waals surface area contributed by atoms with Gasteiger partial charge >= 0.3 is 0 Å². The minimum atomic E-state index is 0.650. The van der Waals surface area contributed by atoms with Crippen LogP contribution in [-0.2, 0) is 0 Å². The Morgan fingerprint density at radius 3 is 2.60 bits per heavy atom. The first-order chi connectivity index (χ1) is 4.74. The smallest absolute Gasteiger partial charge is 0.0409 e. The van der Waals surface area contributed by atoms with Crippen molar-refractivity contribution in [3.05, 3.63) is 0 Å². The van der Waals surface area contributed by atoms with Crippen LogP contribution in [0.25, 0.3) is 0 Å². The number of hydrogen-bond donors (Lipinski definition) is 0. The van der Waals surface area contributed by atoms with E-state index in [1.165, 1.54) is 12.1 Å². The molecule has 1 rings (SSSR count). The van der Waals surface area contributed by atoms with E-state index in [9.17, 15) is 0 Å². The molecule has 10 heavy (non-hydrogen) atoms. The Kier molecular flexibility index (Phi) is 2.20. The predicted octanol–water partition coefficient (Wildman–Crippen LogP) is 2.25. The fraction of sp³-hybridized carbons (Fsp3) is 0.750. The maximum absolute atomic E-state index is 4.07. The third-order valence-electron chi connectivity index (χ3n) is 2.00. The summed E-state index contributed by atoms with van der Waals surface area (Å²) >= 11 is 0. The van der Waals surface area contributed by atoms with Gasteiger partial charge in [-0.15, -0.1) is 0 Å². The van der Waals surface area contributed by atoms with Gasteiger partial charge < -0.3 is 0 Å². The van der Waals surface area contributed by atoms with Crippen LogP contribution in [0.3, 0.4) is 0 Å². The van der Waals surface area contributed by atoms with Gasteiger partial charge in [-0.1, -0.05) is 6.92 Å². The fourth-order valence-corrected chi connectivity index (χ4v) is 1.23. The van der Waals surface area contributed by atoms with E-state index in [0.29, 0.717) is 5.92 Å². The molecule has 56 valence electrons. The van der Waals surface area contributed by atoms with Gasteiger partial charge in [-0.05, 0) is 26.7 Å². The largest absolute Gasteiger partial charge is 0.160 e. The van der Waals surface area contributed by atoms with Gasteiger partial charge in [0.1, 0.15) is 0 Å². The Morgan fingerprint density at radius 1 is 1.40 bits per heavy atom. The Bertz CT molecular complexity index is 180. The lowest BCUT2D eigenvalue weighted by molar-refractivity contribution is 0.674. The highest BCUT2D eigenvalue weighted by Gasteiger charge is 2.14. The van der Waals surface area contributed by atoms with Crippen LogP contribution in [-0.4, -0.2) is 11.4 Å². The molecule has 0 amide bonds. The molecule has 0 aromatic heterocycles.